The lowest BCUT2D eigenvalue weighted by molar-refractivity contribution is 1.20. The Hall–Kier alpha value is -2.69. The summed E-state index contributed by atoms with van der Waals surface area (Å²) in [7, 11) is 0. The van der Waals surface area contributed by atoms with E-state index in [0.29, 0.717) is 16.9 Å². The van der Waals surface area contributed by atoms with Gasteiger partial charge in [0.25, 0.3) is 0 Å². The Bertz CT molecular complexity index is 709. The molecular weight excluding hydrogens is 226 g/mol. The predicted molar refractivity (Wildman–Crippen MR) is 71.6 cm³/mol. The molecule has 2 heterocycles. The molecule has 0 aliphatic carbocycles. The first-order valence-corrected chi connectivity index (χ1v) is 5.48. The Morgan fingerprint density at radius 3 is 2.44 bits per heavy atom. The number of anilines is 2. The fraction of sp³-hybridized carbons (Fsp3) is 0. The minimum absolute atomic E-state index is 0.139. The van der Waals surface area contributed by atoms with Crippen LogP contribution in [0.3, 0.4) is 0 Å². The van der Waals surface area contributed by atoms with E-state index in [1.165, 1.54) is 0 Å². The van der Waals surface area contributed by atoms with Crippen LogP contribution in [0.4, 0.5) is 11.8 Å². The Morgan fingerprint density at radius 2 is 1.67 bits per heavy atom. The molecule has 1 aromatic carbocycles. The van der Waals surface area contributed by atoms with Crippen molar-refractivity contribution in [3.8, 4) is 11.1 Å². The molecule has 0 bridgehead atoms. The maximum Gasteiger partial charge on any atom is 0.224 e. The highest BCUT2D eigenvalue weighted by Gasteiger charge is 2.06. The molecule has 18 heavy (non-hydrogen) atoms. The zero-order chi connectivity index (χ0) is 12.5. The maximum atomic E-state index is 5.83. The molecule has 0 atom stereocenters. The third-order valence-corrected chi connectivity index (χ3v) is 2.71. The number of rotatable bonds is 1. The quantitative estimate of drug-likeness (QED) is 0.674. The summed E-state index contributed by atoms with van der Waals surface area (Å²) in [5, 5.41) is 0.713. The molecular formula is C13H11N5. The lowest BCUT2D eigenvalue weighted by atomic mass is 10.1. The third kappa shape index (κ3) is 1.71. The summed E-state index contributed by atoms with van der Waals surface area (Å²) in [5.41, 5.74) is 13.9. The number of hydrogen-bond acceptors (Lipinski definition) is 5. The lowest BCUT2D eigenvalue weighted by Crippen LogP contribution is -2.01. The highest BCUT2D eigenvalue weighted by atomic mass is 15.1. The molecule has 0 unspecified atom stereocenters. The Labute approximate surface area is 104 Å². The average Bonchev–Trinajstić information content (AvgIpc) is 2.39. The normalized spacial score (nSPS) is 10.7. The number of pyridine rings is 1. The number of nitrogens with two attached hydrogens (primary N) is 2. The predicted octanol–water partition coefficient (Wildman–Crippen LogP) is 1.86. The summed E-state index contributed by atoms with van der Waals surface area (Å²) in [6, 6.07) is 11.9. The standard InChI is InChI=1S/C13H11N5/c14-11-10-6-9(8-4-2-1-3-5-8)7-16-12(10)18-13(15)17-11/h1-7H,(H4,14,15,16,17,18). The van der Waals surface area contributed by atoms with E-state index >= 15 is 0 Å². The monoisotopic (exact) mass is 237 g/mol. The molecule has 0 radical (unpaired) electrons. The second kappa shape index (κ2) is 3.96. The van der Waals surface area contributed by atoms with E-state index < -0.39 is 0 Å². The van der Waals surface area contributed by atoms with Crippen LogP contribution in [0.2, 0.25) is 0 Å². The molecule has 5 nitrogen and oxygen atoms in total. The number of benzene rings is 1. The SMILES string of the molecule is Nc1nc(N)c2cc(-c3ccccc3)cnc2n1. The third-order valence-electron chi connectivity index (χ3n) is 2.71. The lowest BCUT2D eigenvalue weighted by Gasteiger charge is -2.05. The first-order valence-electron chi connectivity index (χ1n) is 5.48. The molecule has 0 aliphatic heterocycles. The van der Waals surface area contributed by atoms with Gasteiger partial charge in [-0.2, -0.15) is 9.97 Å². The van der Waals surface area contributed by atoms with Gasteiger partial charge in [0.15, 0.2) is 5.65 Å². The Kier molecular flexibility index (Phi) is 2.30. The van der Waals surface area contributed by atoms with E-state index in [2.05, 4.69) is 15.0 Å². The van der Waals surface area contributed by atoms with Crippen LogP contribution < -0.4 is 11.5 Å². The molecule has 0 saturated carbocycles. The van der Waals surface area contributed by atoms with Crippen LogP contribution in [0.5, 0.6) is 0 Å². The molecule has 88 valence electrons. The van der Waals surface area contributed by atoms with Crippen molar-refractivity contribution in [2.45, 2.75) is 0 Å². The second-order valence-corrected chi connectivity index (χ2v) is 3.93. The van der Waals surface area contributed by atoms with E-state index in [0.717, 1.165) is 11.1 Å². The smallest absolute Gasteiger partial charge is 0.224 e. The van der Waals surface area contributed by atoms with Crippen molar-refractivity contribution < 1.29 is 0 Å². The molecule has 0 spiro atoms. The van der Waals surface area contributed by atoms with Gasteiger partial charge in [0.1, 0.15) is 5.82 Å². The van der Waals surface area contributed by atoms with Crippen LogP contribution in [-0.2, 0) is 0 Å². The topological polar surface area (TPSA) is 90.7 Å². The van der Waals surface area contributed by atoms with Crippen molar-refractivity contribution in [2.24, 2.45) is 0 Å². The average molecular weight is 237 g/mol. The molecule has 3 aromatic rings. The van der Waals surface area contributed by atoms with Crippen LogP contribution in [0, 0.1) is 0 Å². The van der Waals surface area contributed by atoms with Gasteiger partial charge in [0.2, 0.25) is 5.95 Å². The van der Waals surface area contributed by atoms with Crippen molar-refractivity contribution in [1.82, 2.24) is 15.0 Å². The molecule has 2 aromatic heterocycles. The number of nitrogen functional groups attached to an aromatic ring is 2. The van der Waals surface area contributed by atoms with Gasteiger partial charge >= 0.3 is 0 Å². The van der Waals surface area contributed by atoms with Crippen LogP contribution in [0.1, 0.15) is 0 Å². The van der Waals surface area contributed by atoms with Crippen LogP contribution in [0.15, 0.2) is 42.6 Å². The van der Waals surface area contributed by atoms with Gasteiger partial charge in [0.05, 0.1) is 5.39 Å². The summed E-state index contributed by atoms with van der Waals surface area (Å²) in [6.07, 6.45) is 1.75. The molecule has 4 N–H and O–H groups in total. The van der Waals surface area contributed by atoms with Crippen LogP contribution in [0.25, 0.3) is 22.2 Å². The number of fused-ring (bicyclic) bond motifs is 1. The van der Waals surface area contributed by atoms with E-state index in [4.69, 9.17) is 11.5 Å². The Balaban J connectivity index is 2.23. The molecule has 3 rings (SSSR count). The highest BCUT2D eigenvalue weighted by molar-refractivity contribution is 5.89. The van der Waals surface area contributed by atoms with Gasteiger partial charge in [-0.25, -0.2) is 4.98 Å². The number of nitrogens with zero attached hydrogens (tertiary/aromatic N) is 3. The number of hydrogen-bond donors (Lipinski definition) is 2. The maximum absolute atomic E-state index is 5.83. The zero-order valence-corrected chi connectivity index (χ0v) is 9.54. The van der Waals surface area contributed by atoms with Gasteiger partial charge in [-0.05, 0) is 11.6 Å². The molecule has 0 aliphatic rings. The van der Waals surface area contributed by atoms with Crippen molar-refractivity contribution in [1.29, 1.82) is 0 Å². The minimum atomic E-state index is 0.139. The Morgan fingerprint density at radius 1 is 0.889 bits per heavy atom. The van der Waals surface area contributed by atoms with E-state index in [9.17, 15) is 0 Å². The van der Waals surface area contributed by atoms with Crippen molar-refractivity contribution in [3.63, 3.8) is 0 Å². The molecule has 5 heteroatoms. The van der Waals surface area contributed by atoms with Gasteiger partial charge in [0, 0.05) is 11.8 Å². The van der Waals surface area contributed by atoms with Gasteiger partial charge in [-0.15, -0.1) is 0 Å². The second-order valence-electron chi connectivity index (χ2n) is 3.93. The molecule has 0 fully saturated rings. The minimum Gasteiger partial charge on any atom is -0.383 e. The highest BCUT2D eigenvalue weighted by Crippen LogP contribution is 2.24. The van der Waals surface area contributed by atoms with Gasteiger partial charge in [-0.3, -0.25) is 0 Å². The first-order chi connectivity index (χ1) is 8.74. The van der Waals surface area contributed by atoms with Crippen LogP contribution >= 0.6 is 0 Å². The largest absolute Gasteiger partial charge is 0.383 e. The summed E-state index contributed by atoms with van der Waals surface area (Å²) >= 11 is 0. The van der Waals surface area contributed by atoms with Crippen molar-refractivity contribution in [2.75, 3.05) is 11.5 Å². The molecule has 0 saturated heterocycles. The fourth-order valence-corrected chi connectivity index (χ4v) is 1.84. The molecule has 0 amide bonds. The summed E-state index contributed by atoms with van der Waals surface area (Å²) in [6.45, 7) is 0. The first kappa shape index (κ1) is 10.5. The van der Waals surface area contributed by atoms with E-state index in [1.807, 2.05) is 36.4 Å². The van der Waals surface area contributed by atoms with Gasteiger partial charge in [-0.1, -0.05) is 30.3 Å². The summed E-state index contributed by atoms with van der Waals surface area (Å²) < 4.78 is 0. The summed E-state index contributed by atoms with van der Waals surface area (Å²) in [5.74, 6) is 0.489. The van der Waals surface area contributed by atoms with E-state index in [1.54, 1.807) is 6.20 Å². The number of aromatic nitrogens is 3. The van der Waals surface area contributed by atoms with Crippen molar-refractivity contribution in [3.05, 3.63) is 42.6 Å². The van der Waals surface area contributed by atoms with E-state index in [-0.39, 0.29) is 5.95 Å². The van der Waals surface area contributed by atoms with Crippen LogP contribution in [-0.4, -0.2) is 15.0 Å². The van der Waals surface area contributed by atoms with Crippen molar-refractivity contribution >= 4 is 22.8 Å². The fourth-order valence-electron chi connectivity index (χ4n) is 1.84. The zero-order valence-electron chi connectivity index (χ0n) is 9.54. The van der Waals surface area contributed by atoms with Gasteiger partial charge < -0.3 is 11.5 Å². The summed E-state index contributed by atoms with van der Waals surface area (Å²) in [4.78, 5) is 12.3.